The summed E-state index contributed by atoms with van der Waals surface area (Å²) in [7, 11) is 3.22. The monoisotopic (exact) mass is 425 g/mol. The van der Waals surface area contributed by atoms with Gasteiger partial charge in [0.2, 0.25) is 0 Å². The van der Waals surface area contributed by atoms with Crippen molar-refractivity contribution in [1.82, 2.24) is 0 Å². The molecule has 0 aromatic rings. The Hall–Kier alpha value is -1.28. The van der Waals surface area contributed by atoms with E-state index in [0.717, 1.165) is 11.1 Å². The number of nitrogens with two attached hydrogens (primary N) is 1. The second-order valence-electron chi connectivity index (χ2n) is 7.15. The first-order valence-corrected chi connectivity index (χ1v) is 10.6. The highest BCUT2D eigenvalue weighted by Crippen LogP contribution is 2.34. The molecule has 0 saturated heterocycles. The van der Waals surface area contributed by atoms with E-state index in [1.54, 1.807) is 26.4 Å². The fourth-order valence-electron chi connectivity index (χ4n) is 3.13. The standard InChI is InChI=1S/C22H37NO5.C2H6/c1-10-14(4)21(26-17(7)18(11-2)24-8)28-22(23)16(6)13-15(5)20(27-22)19(12-3)25-9;1-2/h10-13,15,17-21H,2-3,23H2,1,4-9H3;1-2H3/b14-10-;. The highest BCUT2D eigenvalue weighted by molar-refractivity contribution is 5.17. The van der Waals surface area contributed by atoms with Gasteiger partial charge in [0.1, 0.15) is 12.2 Å². The highest BCUT2D eigenvalue weighted by atomic mass is 16.8. The van der Waals surface area contributed by atoms with Gasteiger partial charge in [0, 0.05) is 20.1 Å². The third kappa shape index (κ3) is 7.45. The lowest BCUT2D eigenvalue weighted by Crippen LogP contribution is -2.57. The zero-order valence-electron chi connectivity index (χ0n) is 20.3. The molecule has 0 saturated carbocycles. The van der Waals surface area contributed by atoms with Crippen LogP contribution < -0.4 is 5.73 Å². The molecule has 2 N–H and O–H groups in total. The van der Waals surface area contributed by atoms with Crippen molar-refractivity contribution < 1.29 is 23.7 Å². The third-order valence-corrected chi connectivity index (χ3v) is 5.13. The van der Waals surface area contributed by atoms with Crippen LogP contribution in [0, 0.1) is 5.92 Å². The molecule has 7 atom stereocenters. The van der Waals surface area contributed by atoms with Crippen molar-refractivity contribution in [2.75, 3.05) is 14.2 Å². The van der Waals surface area contributed by atoms with Gasteiger partial charge in [-0.2, -0.15) is 0 Å². The third-order valence-electron chi connectivity index (χ3n) is 5.13. The molecule has 0 aromatic carbocycles. The van der Waals surface area contributed by atoms with E-state index in [2.05, 4.69) is 13.2 Å². The minimum Gasteiger partial charge on any atom is -0.375 e. The van der Waals surface area contributed by atoms with Gasteiger partial charge in [-0.15, -0.1) is 13.2 Å². The lowest BCUT2D eigenvalue weighted by molar-refractivity contribution is -0.316. The molecule has 0 aromatic heterocycles. The molecule has 174 valence electrons. The number of rotatable bonds is 11. The zero-order valence-corrected chi connectivity index (χ0v) is 20.3. The molecule has 6 nitrogen and oxygen atoms in total. The maximum absolute atomic E-state index is 6.55. The number of hydrogen-bond acceptors (Lipinski definition) is 6. The first kappa shape index (κ1) is 28.7. The molecular weight excluding hydrogens is 382 g/mol. The maximum Gasteiger partial charge on any atom is 0.251 e. The lowest BCUT2D eigenvalue weighted by Gasteiger charge is -2.44. The minimum absolute atomic E-state index is 0.0861. The van der Waals surface area contributed by atoms with Crippen LogP contribution in [0.4, 0.5) is 0 Å². The van der Waals surface area contributed by atoms with E-state index in [9.17, 15) is 0 Å². The van der Waals surface area contributed by atoms with Crippen LogP contribution in [0.1, 0.15) is 48.5 Å². The maximum atomic E-state index is 6.55. The summed E-state index contributed by atoms with van der Waals surface area (Å²) < 4.78 is 29.4. The molecule has 1 rings (SSSR count). The predicted molar refractivity (Wildman–Crippen MR) is 123 cm³/mol. The molecule has 0 radical (unpaired) electrons. The molecule has 1 aliphatic rings. The normalized spacial score (nSPS) is 28.3. The van der Waals surface area contributed by atoms with Crippen LogP contribution in [0.25, 0.3) is 0 Å². The molecule has 0 bridgehead atoms. The Labute approximate surface area is 183 Å². The molecule has 7 unspecified atom stereocenters. The molecule has 0 aliphatic carbocycles. The zero-order chi connectivity index (χ0) is 23.5. The van der Waals surface area contributed by atoms with Crippen molar-refractivity contribution in [1.29, 1.82) is 0 Å². The van der Waals surface area contributed by atoms with Gasteiger partial charge in [0.25, 0.3) is 5.91 Å². The van der Waals surface area contributed by atoms with Crippen LogP contribution in [0.5, 0.6) is 0 Å². The van der Waals surface area contributed by atoms with Gasteiger partial charge in [-0.1, -0.05) is 45.1 Å². The van der Waals surface area contributed by atoms with E-state index in [-0.39, 0.29) is 30.3 Å². The van der Waals surface area contributed by atoms with E-state index in [4.69, 9.17) is 29.4 Å². The quantitative estimate of drug-likeness (QED) is 0.381. The summed E-state index contributed by atoms with van der Waals surface area (Å²) in [5, 5.41) is 0. The molecule has 0 spiro atoms. The fraction of sp³-hybridized carbons (Fsp3) is 0.667. The summed E-state index contributed by atoms with van der Waals surface area (Å²) in [6.45, 7) is 21.3. The van der Waals surface area contributed by atoms with Gasteiger partial charge in [-0.05, 0) is 38.8 Å². The average molecular weight is 426 g/mol. The van der Waals surface area contributed by atoms with Crippen LogP contribution in [0.15, 0.2) is 48.6 Å². The van der Waals surface area contributed by atoms with Crippen molar-refractivity contribution in [3.05, 3.63) is 48.6 Å². The Morgan fingerprint density at radius 2 is 1.83 bits per heavy atom. The van der Waals surface area contributed by atoms with Gasteiger partial charge < -0.3 is 23.7 Å². The fourth-order valence-corrected chi connectivity index (χ4v) is 3.13. The van der Waals surface area contributed by atoms with E-state index < -0.39 is 12.2 Å². The van der Waals surface area contributed by atoms with Crippen molar-refractivity contribution in [2.24, 2.45) is 11.7 Å². The highest BCUT2D eigenvalue weighted by Gasteiger charge is 2.44. The summed E-state index contributed by atoms with van der Waals surface area (Å²) >= 11 is 0. The summed E-state index contributed by atoms with van der Waals surface area (Å²) in [5.41, 5.74) is 8.19. The van der Waals surface area contributed by atoms with Crippen molar-refractivity contribution >= 4 is 0 Å². The van der Waals surface area contributed by atoms with Crippen LogP contribution in [0.2, 0.25) is 0 Å². The Balaban J connectivity index is 0.00000407. The Morgan fingerprint density at radius 1 is 1.23 bits per heavy atom. The van der Waals surface area contributed by atoms with Crippen LogP contribution in [-0.2, 0) is 23.7 Å². The Bertz CT molecular complexity index is 588. The molecule has 30 heavy (non-hydrogen) atoms. The average Bonchev–Trinajstić information content (AvgIpc) is 2.74. The van der Waals surface area contributed by atoms with Crippen molar-refractivity contribution in [2.45, 2.75) is 85.1 Å². The van der Waals surface area contributed by atoms with E-state index >= 15 is 0 Å². The lowest BCUT2D eigenvalue weighted by atomic mass is 9.93. The molecule has 1 heterocycles. The summed E-state index contributed by atoms with van der Waals surface area (Å²) in [5.74, 6) is -1.37. The Kier molecular flexibility index (Phi) is 13.3. The molecule has 6 heteroatoms. The minimum atomic E-state index is -1.46. The van der Waals surface area contributed by atoms with Crippen molar-refractivity contribution in [3.8, 4) is 0 Å². The second-order valence-corrected chi connectivity index (χ2v) is 7.15. The van der Waals surface area contributed by atoms with Crippen molar-refractivity contribution in [3.63, 3.8) is 0 Å². The molecule has 0 fully saturated rings. The topological polar surface area (TPSA) is 72.2 Å². The smallest absolute Gasteiger partial charge is 0.251 e. The van der Waals surface area contributed by atoms with Gasteiger partial charge in [-0.3, -0.25) is 5.73 Å². The summed E-state index contributed by atoms with van der Waals surface area (Å²) in [6, 6.07) is 0. The van der Waals surface area contributed by atoms with E-state index in [0.29, 0.717) is 0 Å². The summed E-state index contributed by atoms with van der Waals surface area (Å²) in [6.07, 6.45) is 5.41. The van der Waals surface area contributed by atoms with Crippen LogP contribution in [-0.4, -0.2) is 50.8 Å². The second kappa shape index (κ2) is 13.9. The molecular formula is C24H43NO5. The molecule has 1 aliphatic heterocycles. The largest absolute Gasteiger partial charge is 0.375 e. The Morgan fingerprint density at radius 3 is 2.27 bits per heavy atom. The van der Waals surface area contributed by atoms with Gasteiger partial charge in [0.05, 0.1) is 12.2 Å². The molecule has 0 amide bonds. The SMILES string of the molecule is C=CC(OC)C(C)OC(OC1(N)OC(C(C=C)OC)C(C)C=C1C)/C(C)=C\C.CC. The first-order chi connectivity index (χ1) is 14.2. The van der Waals surface area contributed by atoms with Gasteiger partial charge in [-0.25, -0.2) is 0 Å². The first-order valence-electron chi connectivity index (χ1n) is 10.6. The number of methoxy groups -OCH3 is 2. The van der Waals surface area contributed by atoms with Gasteiger partial charge in [0.15, 0.2) is 6.29 Å². The predicted octanol–water partition coefficient (Wildman–Crippen LogP) is 4.72. The van der Waals surface area contributed by atoms with Gasteiger partial charge >= 0.3 is 0 Å². The number of allylic oxidation sites excluding steroid dienone is 1. The number of ether oxygens (including phenoxy) is 5. The van der Waals surface area contributed by atoms with E-state index in [1.165, 1.54) is 0 Å². The van der Waals surface area contributed by atoms with Crippen LogP contribution in [0.3, 0.4) is 0 Å². The van der Waals surface area contributed by atoms with Crippen LogP contribution >= 0.6 is 0 Å². The van der Waals surface area contributed by atoms with E-state index in [1.807, 2.05) is 60.6 Å². The summed E-state index contributed by atoms with van der Waals surface area (Å²) in [4.78, 5) is 0. The number of hydrogen-bond donors (Lipinski definition) is 1.